The lowest BCUT2D eigenvalue weighted by Gasteiger charge is -2.05. The number of benzene rings is 1. The molecule has 0 aliphatic carbocycles. The van der Waals surface area contributed by atoms with E-state index in [2.05, 4.69) is 0 Å². The molecule has 1 atom stereocenters. The second kappa shape index (κ2) is 5.42. The molecule has 0 saturated carbocycles. The molecule has 0 radical (unpaired) electrons. The smallest absolute Gasteiger partial charge is 0.336 e. The van der Waals surface area contributed by atoms with E-state index in [0.717, 1.165) is 6.26 Å². The quantitative estimate of drug-likeness (QED) is 0.847. The minimum Gasteiger partial charge on any atom is -0.478 e. The average molecular weight is 276 g/mol. The summed E-state index contributed by atoms with van der Waals surface area (Å²) in [6.45, 7) is 0. The maximum atomic E-state index is 11.8. The highest BCUT2D eigenvalue weighted by atomic mass is 32.2. The van der Waals surface area contributed by atoms with Gasteiger partial charge in [0.25, 0.3) is 0 Å². The third-order valence-electron chi connectivity index (χ3n) is 2.00. The third kappa shape index (κ3) is 4.27. The Kier molecular flexibility index (Phi) is 4.41. The number of carboxylic acid groups (broad SMARTS) is 1. The number of aromatic carboxylic acids is 1. The fourth-order valence-electron chi connectivity index (χ4n) is 1.18. The first-order chi connectivity index (χ1) is 7.81. The number of hydrogen-bond acceptors (Lipinski definition) is 4. The van der Waals surface area contributed by atoms with Crippen LogP contribution in [0.3, 0.4) is 0 Å². The lowest BCUT2D eigenvalue weighted by atomic mass is 10.2. The predicted octanol–water partition coefficient (Wildman–Crippen LogP) is 0.537. The van der Waals surface area contributed by atoms with Gasteiger partial charge in [0.05, 0.1) is 27.0 Å². The van der Waals surface area contributed by atoms with Crippen LogP contribution in [0.1, 0.15) is 10.4 Å². The lowest BCUT2D eigenvalue weighted by molar-refractivity contribution is 0.0693. The molecule has 5 nitrogen and oxygen atoms in total. The van der Waals surface area contributed by atoms with Crippen LogP contribution in [-0.2, 0) is 20.6 Å². The summed E-state index contributed by atoms with van der Waals surface area (Å²) in [5, 5.41) is 8.89. The maximum Gasteiger partial charge on any atom is 0.336 e. The fourth-order valence-corrected chi connectivity index (χ4v) is 3.85. The topological polar surface area (TPSA) is 88.5 Å². The van der Waals surface area contributed by atoms with E-state index in [1.807, 2.05) is 0 Å². The van der Waals surface area contributed by atoms with Gasteiger partial charge >= 0.3 is 5.97 Å². The zero-order valence-electron chi connectivity index (χ0n) is 9.12. The van der Waals surface area contributed by atoms with E-state index in [-0.39, 0.29) is 22.0 Å². The first-order valence-corrected chi connectivity index (χ1v) is 8.07. The molecular formula is C10H12O5S2. The first kappa shape index (κ1) is 13.9. The third-order valence-corrected chi connectivity index (χ3v) is 4.63. The van der Waals surface area contributed by atoms with Gasteiger partial charge in [0.2, 0.25) is 0 Å². The molecule has 0 amide bonds. The van der Waals surface area contributed by atoms with Crippen LogP contribution >= 0.6 is 0 Å². The van der Waals surface area contributed by atoms with Gasteiger partial charge in [-0.05, 0) is 12.1 Å². The highest BCUT2D eigenvalue weighted by molar-refractivity contribution is 7.92. The van der Waals surface area contributed by atoms with Crippen LogP contribution in [0.5, 0.6) is 0 Å². The van der Waals surface area contributed by atoms with E-state index in [0.29, 0.717) is 0 Å². The molecule has 0 bridgehead atoms. The minimum absolute atomic E-state index is 0.0562. The minimum atomic E-state index is -3.20. The van der Waals surface area contributed by atoms with Gasteiger partial charge < -0.3 is 5.11 Å². The summed E-state index contributed by atoms with van der Waals surface area (Å²) in [7, 11) is -4.82. The number of sulfone groups is 1. The number of hydrogen-bond donors (Lipinski definition) is 1. The van der Waals surface area contributed by atoms with E-state index in [1.165, 1.54) is 18.2 Å². The van der Waals surface area contributed by atoms with Gasteiger partial charge in [0, 0.05) is 12.0 Å². The van der Waals surface area contributed by atoms with Crippen molar-refractivity contribution in [1.29, 1.82) is 0 Å². The molecule has 1 unspecified atom stereocenters. The summed E-state index contributed by atoms with van der Waals surface area (Å²) in [5.41, 5.74) is -0.0562. The first-order valence-electron chi connectivity index (χ1n) is 4.69. The maximum absolute atomic E-state index is 11.8. The van der Waals surface area contributed by atoms with Crippen molar-refractivity contribution >= 4 is 26.6 Å². The van der Waals surface area contributed by atoms with Crippen LogP contribution in [0, 0.1) is 0 Å². The summed E-state index contributed by atoms with van der Waals surface area (Å²) >= 11 is 0. The Balaban J connectivity index is 2.93. The molecule has 0 spiro atoms. The van der Waals surface area contributed by atoms with Crippen LogP contribution in [0.15, 0.2) is 29.2 Å². The van der Waals surface area contributed by atoms with Crippen LogP contribution in [0.25, 0.3) is 0 Å². The molecule has 0 aromatic heterocycles. The molecule has 1 rings (SSSR count). The highest BCUT2D eigenvalue weighted by Gasteiger charge is 2.15. The van der Waals surface area contributed by atoms with Crippen molar-refractivity contribution in [3.05, 3.63) is 29.8 Å². The Hall–Kier alpha value is -1.21. The largest absolute Gasteiger partial charge is 0.478 e. The van der Waals surface area contributed by atoms with E-state index in [9.17, 15) is 17.4 Å². The molecule has 17 heavy (non-hydrogen) atoms. The number of carboxylic acids is 1. The molecule has 94 valence electrons. The Labute approximate surface area is 102 Å². The second-order valence-electron chi connectivity index (χ2n) is 3.48. The van der Waals surface area contributed by atoms with Gasteiger partial charge in [-0.3, -0.25) is 4.21 Å². The Bertz CT molecular complexity index is 548. The molecule has 0 saturated heterocycles. The summed E-state index contributed by atoms with van der Waals surface area (Å²) in [6.07, 6.45) is 1.05. The molecule has 0 aliphatic heterocycles. The number of rotatable bonds is 5. The molecule has 1 aromatic carbocycles. The lowest BCUT2D eigenvalue weighted by Crippen LogP contribution is -2.13. The molecule has 0 aliphatic rings. The zero-order chi connectivity index (χ0) is 13.1. The normalized spacial score (nSPS) is 13.2. The standard InChI is InChI=1S/C10H12O5S2/c1-17(14,15)7-6-16(13)9-5-3-2-4-8(9)10(11)12/h2-5H,6-7H2,1H3,(H,11,12). The van der Waals surface area contributed by atoms with Gasteiger partial charge in [0.15, 0.2) is 0 Å². The zero-order valence-corrected chi connectivity index (χ0v) is 10.8. The average Bonchev–Trinajstić information content (AvgIpc) is 2.25. The summed E-state index contributed by atoms with van der Waals surface area (Å²) in [6, 6.07) is 5.87. The summed E-state index contributed by atoms with van der Waals surface area (Å²) in [5.74, 6) is -1.50. The molecular weight excluding hydrogens is 264 g/mol. The highest BCUT2D eigenvalue weighted by Crippen LogP contribution is 2.14. The van der Waals surface area contributed by atoms with Crippen LogP contribution in [-0.4, -0.2) is 41.5 Å². The van der Waals surface area contributed by atoms with E-state index < -0.39 is 26.6 Å². The number of carbonyl (C=O) groups is 1. The second-order valence-corrected chi connectivity index (χ2v) is 7.28. The van der Waals surface area contributed by atoms with Crippen molar-refractivity contribution in [3.63, 3.8) is 0 Å². The van der Waals surface area contributed by atoms with Crippen molar-refractivity contribution in [1.82, 2.24) is 0 Å². The fraction of sp³-hybridized carbons (Fsp3) is 0.300. The van der Waals surface area contributed by atoms with Crippen LogP contribution < -0.4 is 0 Å². The van der Waals surface area contributed by atoms with Gasteiger partial charge in [-0.1, -0.05) is 12.1 Å². The summed E-state index contributed by atoms with van der Waals surface area (Å²) in [4.78, 5) is 11.0. The van der Waals surface area contributed by atoms with E-state index in [4.69, 9.17) is 5.11 Å². The van der Waals surface area contributed by atoms with Crippen molar-refractivity contribution in [2.45, 2.75) is 4.90 Å². The van der Waals surface area contributed by atoms with E-state index in [1.54, 1.807) is 6.07 Å². The Morgan fingerprint density at radius 2 is 1.94 bits per heavy atom. The summed E-state index contributed by atoms with van der Waals surface area (Å²) < 4.78 is 33.7. The predicted molar refractivity (Wildman–Crippen MR) is 64.4 cm³/mol. The Morgan fingerprint density at radius 1 is 1.35 bits per heavy atom. The van der Waals surface area contributed by atoms with Gasteiger partial charge in [-0.15, -0.1) is 0 Å². The van der Waals surface area contributed by atoms with Crippen molar-refractivity contribution in [3.8, 4) is 0 Å². The SMILES string of the molecule is CS(=O)(=O)CCS(=O)c1ccccc1C(=O)O. The molecule has 1 N–H and O–H groups in total. The van der Waals surface area contributed by atoms with Crippen molar-refractivity contribution in [2.24, 2.45) is 0 Å². The van der Waals surface area contributed by atoms with E-state index >= 15 is 0 Å². The van der Waals surface area contributed by atoms with Crippen molar-refractivity contribution in [2.75, 3.05) is 17.8 Å². The van der Waals surface area contributed by atoms with Gasteiger partial charge in [-0.25, -0.2) is 13.2 Å². The van der Waals surface area contributed by atoms with Gasteiger partial charge in [-0.2, -0.15) is 0 Å². The molecule has 0 fully saturated rings. The van der Waals surface area contributed by atoms with Gasteiger partial charge in [0.1, 0.15) is 9.84 Å². The van der Waals surface area contributed by atoms with Crippen LogP contribution in [0.2, 0.25) is 0 Å². The van der Waals surface area contributed by atoms with Crippen molar-refractivity contribution < 1.29 is 22.5 Å². The molecule has 1 aromatic rings. The molecule has 0 heterocycles. The molecule has 7 heteroatoms. The van der Waals surface area contributed by atoms with Crippen LogP contribution in [0.4, 0.5) is 0 Å². The monoisotopic (exact) mass is 276 g/mol. The Morgan fingerprint density at radius 3 is 2.47 bits per heavy atom.